The van der Waals surface area contributed by atoms with Gasteiger partial charge in [0.1, 0.15) is 17.5 Å². The Morgan fingerprint density at radius 2 is 1.61 bits per heavy atom. The summed E-state index contributed by atoms with van der Waals surface area (Å²) in [6.45, 7) is 5.41. The number of piperazine rings is 1. The van der Waals surface area contributed by atoms with Crippen molar-refractivity contribution in [2.45, 2.75) is 6.92 Å². The maximum absolute atomic E-state index is 6.46. The Morgan fingerprint density at radius 3 is 2.42 bits per heavy atom. The largest absolute Gasteiger partial charge is 0.435 e. The molecular weight excluding hydrogens is 388 g/mol. The molecular formula is C24H24N6O. The van der Waals surface area contributed by atoms with Gasteiger partial charge in [0.25, 0.3) is 0 Å². The number of nitrogen functional groups attached to an aromatic ring is 1. The van der Waals surface area contributed by atoms with E-state index in [2.05, 4.69) is 49.0 Å². The van der Waals surface area contributed by atoms with Crippen LogP contribution >= 0.6 is 0 Å². The molecule has 3 heterocycles. The lowest BCUT2D eigenvalue weighted by Crippen LogP contribution is -2.47. The number of hydrogen-bond acceptors (Lipinski definition) is 7. The number of rotatable bonds is 4. The van der Waals surface area contributed by atoms with Crippen LogP contribution in [-0.4, -0.2) is 41.1 Å². The van der Waals surface area contributed by atoms with E-state index >= 15 is 0 Å². The highest BCUT2D eigenvalue weighted by molar-refractivity contribution is 5.85. The Morgan fingerprint density at radius 1 is 0.839 bits per heavy atom. The Hall–Kier alpha value is -3.87. The molecule has 4 aromatic rings. The van der Waals surface area contributed by atoms with Gasteiger partial charge in [-0.25, -0.2) is 9.97 Å². The van der Waals surface area contributed by atoms with E-state index in [9.17, 15) is 0 Å². The third-order valence-corrected chi connectivity index (χ3v) is 5.56. The second-order valence-corrected chi connectivity index (χ2v) is 7.61. The van der Waals surface area contributed by atoms with E-state index in [0.29, 0.717) is 23.1 Å². The van der Waals surface area contributed by atoms with Gasteiger partial charge in [-0.05, 0) is 31.2 Å². The van der Waals surface area contributed by atoms with Crippen LogP contribution in [0.3, 0.4) is 0 Å². The molecule has 0 unspecified atom stereocenters. The number of aryl methyl sites for hydroxylation is 1. The standard InChI is InChI=1S/C24H24N6O/c1-17-10-11-18-6-5-9-20(22(18)28-17)31-24-21(25)23(26-16-27-24)30-14-12-29(13-15-30)19-7-3-2-4-8-19/h2-11,16H,12-15,25H2,1H3. The van der Waals surface area contributed by atoms with Crippen molar-refractivity contribution in [3.05, 3.63) is 72.7 Å². The smallest absolute Gasteiger partial charge is 0.248 e. The van der Waals surface area contributed by atoms with Crippen molar-refractivity contribution in [2.24, 2.45) is 0 Å². The monoisotopic (exact) mass is 412 g/mol. The molecule has 0 atom stereocenters. The van der Waals surface area contributed by atoms with Crippen LogP contribution in [0.1, 0.15) is 5.69 Å². The van der Waals surface area contributed by atoms with Crippen molar-refractivity contribution >= 4 is 28.1 Å². The highest BCUT2D eigenvalue weighted by Gasteiger charge is 2.22. The molecule has 0 aliphatic carbocycles. The SMILES string of the molecule is Cc1ccc2cccc(Oc3ncnc(N4CCN(c5ccccc5)CC4)c3N)c2n1. The molecule has 0 amide bonds. The molecule has 1 aliphatic heterocycles. The minimum Gasteiger partial charge on any atom is -0.435 e. The molecule has 31 heavy (non-hydrogen) atoms. The summed E-state index contributed by atoms with van der Waals surface area (Å²) in [4.78, 5) is 17.9. The van der Waals surface area contributed by atoms with Crippen LogP contribution < -0.4 is 20.3 Å². The minimum atomic E-state index is 0.353. The molecule has 7 heteroatoms. The zero-order valence-electron chi connectivity index (χ0n) is 17.4. The fraction of sp³-hybridized carbons (Fsp3) is 0.208. The first-order chi connectivity index (χ1) is 15.2. The van der Waals surface area contributed by atoms with Crippen LogP contribution in [0.4, 0.5) is 17.2 Å². The highest BCUT2D eigenvalue weighted by atomic mass is 16.5. The molecule has 7 nitrogen and oxygen atoms in total. The second kappa shape index (κ2) is 8.10. The Bertz CT molecular complexity index is 1210. The van der Waals surface area contributed by atoms with Gasteiger partial charge in [0.05, 0.1) is 0 Å². The zero-order valence-corrected chi connectivity index (χ0v) is 17.4. The van der Waals surface area contributed by atoms with Gasteiger partial charge in [-0.3, -0.25) is 0 Å². The van der Waals surface area contributed by atoms with Crippen molar-refractivity contribution in [3.63, 3.8) is 0 Å². The Labute approximate surface area is 181 Å². The van der Waals surface area contributed by atoms with Gasteiger partial charge >= 0.3 is 0 Å². The first-order valence-electron chi connectivity index (χ1n) is 10.4. The maximum Gasteiger partial charge on any atom is 0.248 e. The number of aromatic nitrogens is 3. The maximum atomic E-state index is 6.46. The molecule has 0 bridgehead atoms. The molecule has 2 N–H and O–H groups in total. The van der Waals surface area contributed by atoms with Crippen LogP contribution in [0.2, 0.25) is 0 Å². The van der Waals surface area contributed by atoms with Gasteiger partial charge in [-0.2, -0.15) is 4.98 Å². The molecule has 2 aromatic heterocycles. The third-order valence-electron chi connectivity index (χ3n) is 5.56. The summed E-state index contributed by atoms with van der Waals surface area (Å²) in [5.74, 6) is 1.69. The van der Waals surface area contributed by atoms with Crippen molar-refractivity contribution in [1.29, 1.82) is 0 Å². The molecule has 156 valence electrons. The number of hydrogen-bond donors (Lipinski definition) is 1. The number of fused-ring (bicyclic) bond motifs is 1. The summed E-state index contributed by atoms with van der Waals surface area (Å²) < 4.78 is 6.12. The number of nitrogens with two attached hydrogens (primary N) is 1. The number of nitrogens with zero attached hydrogens (tertiary/aromatic N) is 5. The molecule has 0 saturated carbocycles. The van der Waals surface area contributed by atoms with Crippen molar-refractivity contribution in [3.8, 4) is 11.6 Å². The normalized spacial score (nSPS) is 14.1. The van der Waals surface area contributed by atoms with Gasteiger partial charge in [-0.15, -0.1) is 0 Å². The predicted molar refractivity (Wildman–Crippen MR) is 124 cm³/mol. The van der Waals surface area contributed by atoms with Gasteiger partial charge in [0.15, 0.2) is 11.6 Å². The van der Waals surface area contributed by atoms with Crippen molar-refractivity contribution < 1.29 is 4.74 Å². The number of anilines is 3. The molecule has 5 rings (SSSR count). The lowest BCUT2D eigenvalue weighted by Gasteiger charge is -2.37. The quantitative estimate of drug-likeness (QED) is 0.542. The van der Waals surface area contributed by atoms with E-state index in [1.165, 1.54) is 12.0 Å². The number of ether oxygens (including phenoxy) is 1. The molecule has 1 saturated heterocycles. The topological polar surface area (TPSA) is 80.4 Å². The molecule has 1 aliphatic rings. The average Bonchev–Trinajstić information content (AvgIpc) is 2.81. The summed E-state index contributed by atoms with van der Waals surface area (Å²) in [7, 11) is 0. The van der Waals surface area contributed by atoms with Crippen LogP contribution in [0, 0.1) is 6.92 Å². The molecule has 1 fully saturated rings. The summed E-state index contributed by atoms with van der Waals surface area (Å²) in [6, 6.07) is 20.3. The number of pyridine rings is 1. The van der Waals surface area contributed by atoms with E-state index in [0.717, 1.165) is 42.8 Å². The number of benzene rings is 2. The first kappa shape index (κ1) is 19.1. The van der Waals surface area contributed by atoms with Gasteiger partial charge < -0.3 is 20.3 Å². The summed E-state index contributed by atoms with van der Waals surface area (Å²) in [5.41, 5.74) is 9.85. The van der Waals surface area contributed by atoms with Gasteiger partial charge in [0.2, 0.25) is 5.88 Å². The first-order valence-corrected chi connectivity index (χ1v) is 10.4. The average molecular weight is 412 g/mol. The Kier molecular flexibility index (Phi) is 5.00. The minimum absolute atomic E-state index is 0.353. The molecule has 0 spiro atoms. The third kappa shape index (κ3) is 3.82. The van der Waals surface area contributed by atoms with Crippen LogP contribution in [0.25, 0.3) is 10.9 Å². The van der Waals surface area contributed by atoms with E-state index < -0.39 is 0 Å². The molecule has 0 radical (unpaired) electrons. The second-order valence-electron chi connectivity index (χ2n) is 7.61. The van der Waals surface area contributed by atoms with E-state index in [4.69, 9.17) is 10.5 Å². The van der Waals surface area contributed by atoms with Crippen molar-refractivity contribution in [1.82, 2.24) is 15.0 Å². The fourth-order valence-corrected chi connectivity index (χ4v) is 3.92. The van der Waals surface area contributed by atoms with Gasteiger partial charge in [0, 0.05) is 42.9 Å². The zero-order chi connectivity index (χ0) is 21.2. The number of para-hydroxylation sites is 2. The lowest BCUT2D eigenvalue weighted by molar-refractivity contribution is 0.468. The van der Waals surface area contributed by atoms with E-state index in [-0.39, 0.29) is 0 Å². The molecule has 2 aromatic carbocycles. The van der Waals surface area contributed by atoms with Crippen LogP contribution in [0.5, 0.6) is 11.6 Å². The predicted octanol–water partition coefficient (Wildman–Crippen LogP) is 4.03. The lowest BCUT2D eigenvalue weighted by atomic mass is 10.2. The highest BCUT2D eigenvalue weighted by Crippen LogP contribution is 2.34. The summed E-state index contributed by atoms with van der Waals surface area (Å²) in [6.07, 6.45) is 1.51. The fourth-order valence-electron chi connectivity index (χ4n) is 3.92. The van der Waals surface area contributed by atoms with Crippen LogP contribution in [0.15, 0.2) is 67.0 Å². The van der Waals surface area contributed by atoms with Crippen LogP contribution in [-0.2, 0) is 0 Å². The summed E-state index contributed by atoms with van der Waals surface area (Å²) in [5, 5.41) is 1.01. The summed E-state index contributed by atoms with van der Waals surface area (Å²) >= 11 is 0. The van der Waals surface area contributed by atoms with Crippen molar-refractivity contribution in [2.75, 3.05) is 41.7 Å². The van der Waals surface area contributed by atoms with Gasteiger partial charge in [-0.1, -0.05) is 36.4 Å². The van der Waals surface area contributed by atoms with E-state index in [1.807, 2.05) is 43.3 Å². The Balaban J connectivity index is 1.37. The van der Waals surface area contributed by atoms with E-state index in [1.54, 1.807) is 0 Å².